The number of hydrogen-bond acceptors (Lipinski definition) is 4. The standard InChI is InChI=1S/C17H20F3N3OS/c1-3-12(4-2)23-15(10-16(21-23)17(18,19)20)14(22-24)11-25-13-8-6-5-7-9-13/h5-10,12,24H,3-4,11H2,1-2H3/b22-14+. The van der Waals surface area contributed by atoms with E-state index in [-0.39, 0.29) is 23.2 Å². The lowest BCUT2D eigenvalue weighted by molar-refractivity contribution is -0.141. The molecule has 2 rings (SSSR count). The lowest BCUT2D eigenvalue weighted by Crippen LogP contribution is -2.18. The fraction of sp³-hybridized carbons (Fsp3) is 0.412. The van der Waals surface area contributed by atoms with Gasteiger partial charge < -0.3 is 5.21 Å². The predicted octanol–water partition coefficient (Wildman–Crippen LogP) is 5.23. The summed E-state index contributed by atoms with van der Waals surface area (Å²) in [4.78, 5) is 0.938. The molecule has 0 atom stereocenters. The number of alkyl halides is 3. The van der Waals surface area contributed by atoms with Crippen LogP contribution in [0.25, 0.3) is 0 Å². The van der Waals surface area contributed by atoms with Gasteiger partial charge in [-0.25, -0.2) is 0 Å². The molecule has 2 aromatic rings. The van der Waals surface area contributed by atoms with Crippen LogP contribution in [0.4, 0.5) is 13.2 Å². The molecule has 25 heavy (non-hydrogen) atoms. The van der Waals surface area contributed by atoms with Crippen LogP contribution in [0.5, 0.6) is 0 Å². The molecule has 8 heteroatoms. The van der Waals surface area contributed by atoms with Crippen LogP contribution in [-0.2, 0) is 6.18 Å². The first kappa shape index (κ1) is 19.4. The molecule has 0 aliphatic carbocycles. The Balaban J connectivity index is 2.34. The molecule has 1 heterocycles. The van der Waals surface area contributed by atoms with Crippen LogP contribution in [0.3, 0.4) is 0 Å². The minimum absolute atomic E-state index is 0.170. The molecular weight excluding hydrogens is 351 g/mol. The number of oxime groups is 1. The summed E-state index contributed by atoms with van der Waals surface area (Å²) < 4.78 is 40.6. The molecule has 1 N–H and O–H groups in total. The van der Waals surface area contributed by atoms with Gasteiger partial charge in [0.25, 0.3) is 0 Å². The van der Waals surface area contributed by atoms with Crippen LogP contribution in [0, 0.1) is 0 Å². The quantitative estimate of drug-likeness (QED) is 0.314. The fourth-order valence-corrected chi connectivity index (χ4v) is 3.34. The zero-order valence-corrected chi connectivity index (χ0v) is 14.8. The maximum absolute atomic E-state index is 13.1. The third-order valence-corrected chi connectivity index (χ3v) is 4.87. The zero-order chi connectivity index (χ0) is 18.4. The highest BCUT2D eigenvalue weighted by Crippen LogP contribution is 2.31. The Labute approximate surface area is 148 Å². The van der Waals surface area contributed by atoms with E-state index in [1.165, 1.54) is 16.4 Å². The SMILES string of the molecule is CCC(CC)n1nc(C(F)(F)F)cc1/C(CSc1ccccc1)=N/O. The topological polar surface area (TPSA) is 50.4 Å². The highest BCUT2D eigenvalue weighted by atomic mass is 32.2. The number of hydrogen-bond donors (Lipinski definition) is 1. The number of benzene rings is 1. The summed E-state index contributed by atoms with van der Waals surface area (Å²) in [5, 5.41) is 16.4. The number of halogens is 3. The van der Waals surface area contributed by atoms with Gasteiger partial charge in [0.1, 0.15) is 5.71 Å². The van der Waals surface area contributed by atoms with E-state index in [1.807, 2.05) is 44.2 Å². The van der Waals surface area contributed by atoms with Crippen molar-refractivity contribution in [2.24, 2.45) is 5.16 Å². The summed E-state index contributed by atoms with van der Waals surface area (Å²) in [5.74, 6) is 0.240. The molecule has 0 spiro atoms. The van der Waals surface area contributed by atoms with Crippen LogP contribution in [-0.4, -0.2) is 26.5 Å². The fourth-order valence-electron chi connectivity index (χ4n) is 2.48. The van der Waals surface area contributed by atoms with Gasteiger partial charge >= 0.3 is 6.18 Å². The van der Waals surface area contributed by atoms with Gasteiger partial charge in [-0.1, -0.05) is 37.2 Å². The number of nitrogens with zero attached hydrogens (tertiary/aromatic N) is 3. The van der Waals surface area contributed by atoms with E-state index >= 15 is 0 Å². The monoisotopic (exact) mass is 371 g/mol. The second kappa shape index (κ2) is 8.42. The Morgan fingerprint density at radius 3 is 2.40 bits per heavy atom. The average molecular weight is 371 g/mol. The van der Waals surface area contributed by atoms with Crippen LogP contribution in [0.1, 0.15) is 44.1 Å². The van der Waals surface area contributed by atoms with Crippen molar-refractivity contribution in [1.82, 2.24) is 9.78 Å². The van der Waals surface area contributed by atoms with Crippen LogP contribution < -0.4 is 0 Å². The summed E-state index contributed by atoms with van der Waals surface area (Å²) in [7, 11) is 0. The summed E-state index contributed by atoms with van der Waals surface area (Å²) in [6, 6.07) is 10.2. The van der Waals surface area contributed by atoms with E-state index in [0.29, 0.717) is 12.8 Å². The van der Waals surface area contributed by atoms with Gasteiger partial charge in [-0.2, -0.15) is 18.3 Å². The number of thioether (sulfide) groups is 1. The van der Waals surface area contributed by atoms with E-state index in [9.17, 15) is 18.4 Å². The van der Waals surface area contributed by atoms with Crippen LogP contribution in [0.2, 0.25) is 0 Å². The first-order valence-corrected chi connectivity index (χ1v) is 8.95. The second-order valence-electron chi connectivity index (χ2n) is 5.48. The van der Waals surface area contributed by atoms with Gasteiger partial charge in [0.15, 0.2) is 5.69 Å². The summed E-state index contributed by atoms with van der Waals surface area (Å²) in [6.07, 6.45) is -3.28. The van der Waals surface area contributed by atoms with E-state index in [1.54, 1.807) is 0 Å². The molecule has 0 saturated carbocycles. The maximum atomic E-state index is 13.1. The summed E-state index contributed by atoms with van der Waals surface area (Å²) >= 11 is 1.39. The van der Waals surface area contributed by atoms with E-state index in [0.717, 1.165) is 11.0 Å². The predicted molar refractivity (Wildman–Crippen MR) is 92.3 cm³/mol. The Bertz CT molecular complexity index is 710. The Morgan fingerprint density at radius 2 is 1.88 bits per heavy atom. The molecule has 0 radical (unpaired) electrons. The molecule has 0 saturated heterocycles. The molecular formula is C17H20F3N3OS. The van der Waals surface area contributed by atoms with Crippen molar-refractivity contribution in [3.63, 3.8) is 0 Å². The third-order valence-electron chi connectivity index (χ3n) is 3.85. The second-order valence-corrected chi connectivity index (χ2v) is 6.52. The minimum atomic E-state index is -4.54. The molecule has 0 aliphatic heterocycles. The van der Waals surface area contributed by atoms with Crippen molar-refractivity contribution in [2.45, 2.75) is 43.8 Å². The van der Waals surface area contributed by atoms with Crippen LogP contribution in [0.15, 0.2) is 46.4 Å². The molecule has 136 valence electrons. The van der Waals surface area contributed by atoms with Gasteiger partial charge in [-0.3, -0.25) is 4.68 Å². The first-order chi connectivity index (χ1) is 11.9. The normalized spacial score (nSPS) is 12.8. The molecule has 4 nitrogen and oxygen atoms in total. The molecule has 1 aromatic heterocycles. The molecule has 0 unspecified atom stereocenters. The Hall–Kier alpha value is -1.96. The molecule has 1 aromatic carbocycles. The highest BCUT2D eigenvalue weighted by molar-refractivity contribution is 8.00. The largest absolute Gasteiger partial charge is 0.435 e. The Morgan fingerprint density at radius 1 is 1.24 bits per heavy atom. The van der Waals surface area contributed by atoms with E-state index < -0.39 is 11.9 Å². The first-order valence-electron chi connectivity index (χ1n) is 7.96. The van der Waals surface area contributed by atoms with Crippen molar-refractivity contribution in [3.8, 4) is 0 Å². The highest BCUT2D eigenvalue weighted by Gasteiger charge is 2.36. The zero-order valence-electron chi connectivity index (χ0n) is 14.0. The van der Waals surface area contributed by atoms with Crippen molar-refractivity contribution in [2.75, 3.05) is 5.75 Å². The summed E-state index contributed by atoms with van der Waals surface area (Å²) in [5.41, 5.74) is -0.601. The lowest BCUT2D eigenvalue weighted by Gasteiger charge is -2.17. The summed E-state index contributed by atoms with van der Waals surface area (Å²) in [6.45, 7) is 3.78. The van der Waals surface area contributed by atoms with Gasteiger partial charge in [-0.05, 0) is 31.0 Å². The van der Waals surface area contributed by atoms with E-state index in [2.05, 4.69) is 10.3 Å². The van der Waals surface area contributed by atoms with Crippen molar-refractivity contribution >= 4 is 17.5 Å². The van der Waals surface area contributed by atoms with Gasteiger partial charge in [0.05, 0.1) is 11.7 Å². The number of rotatable bonds is 7. The van der Waals surface area contributed by atoms with Crippen molar-refractivity contribution in [3.05, 3.63) is 47.8 Å². The van der Waals surface area contributed by atoms with Gasteiger partial charge in [0, 0.05) is 10.6 Å². The molecule has 0 bridgehead atoms. The maximum Gasteiger partial charge on any atom is 0.435 e. The van der Waals surface area contributed by atoms with Gasteiger partial charge in [0.2, 0.25) is 0 Å². The van der Waals surface area contributed by atoms with E-state index in [4.69, 9.17) is 0 Å². The third kappa shape index (κ3) is 4.78. The lowest BCUT2D eigenvalue weighted by atomic mass is 10.1. The average Bonchev–Trinajstić information content (AvgIpc) is 3.03. The minimum Gasteiger partial charge on any atom is -0.411 e. The van der Waals surface area contributed by atoms with Gasteiger partial charge in [-0.15, -0.1) is 11.8 Å². The number of aromatic nitrogens is 2. The molecule has 0 fully saturated rings. The van der Waals surface area contributed by atoms with Crippen molar-refractivity contribution < 1.29 is 18.4 Å². The Kier molecular flexibility index (Phi) is 6.52. The molecule has 0 amide bonds. The van der Waals surface area contributed by atoms with Crippen molar-refractivity contribution in [1.29, 1.82) is 0 Å². The van der Waals surface area contributed by atoms with Crippen LogP contribution >= 0.6 is 11.8 Å². The molecule has 0 aliphatic rings. The smallest absolute Gasteiger partial charge is 0.411 e.